The van der Waals surface area contributed by atoms with E-state index in [0.29, 0.717) is 28.0 Å². The van der Waals surface area contributed by atoms with Crippen LogP contribution in [0, 0.1) is 0 Å². The predicted octanol–water partition coefficient (Wildman–Crippen LogP) is 4.56. The number of sulfonamides is 1. The molecule has 12 heteroatoms. The summed E-state index contributed by atoms with van der Waals surface area (Å²) in [4.78, 5) is 7.72. The third-order valence-corrected chi connectivity index (χ3v) is 7.05. The zero-order valence-electron chi connectivity index (χ0n) is 16.9. The highest BCUT2D eigenvalue weighted by atomic mass is 32.2. The lowest BCUT2D eigenvalue weighted by molar-refractivity contribution is -0.0429. The Hall–Kier alpha value is -3.38. The number of hydrogen-bond acceptors (Lipinski definition) is 5. The van der Waals surface area contributed by atoms with Crippen LogP contribution in [0.25, 0.3) is 33.5 Å². The van der Waals surface area contributed by atoms with Crippen molar-refractivity contribution in [2.75, 3.05) is 11.0 Å². The molecule has 0 bridgehead atoms. The molecule has 0 spiro atoms. The SMILES string of the molecule is CS(=O)(=O)c1ccc(-c2nc3ccc(-c4ccccc4NS(=O)(=O)C(F)(F)F)cc3[nH]2)cc1. The quantitative estimate of drug-likeness (QED) is 0.422. The smallest absolute Gasteiger partial charge is 0.338 e. The Kier molecular flexibility index (Phi) is 5.45. The zero-order chi connectivity index (χ0) is 24.0. The highest BCUT2D eigenvalue weighted by Gasteiger charge is 2.46. The van der Waals surface area contributed by atoms with Crippen LogP contribution in [0.3, 0.4) is 0 Å². The lowest BCUT2D eigenvalue weighted by Crippen LogP contribution is -2.30. The summed E-state index contributed by atoms with van der Waals surface area (Å²) in [5.74, 6) is 0.466. The Morgan fingerprint density at radius 3 is 2.15 bits per heavy atom. The van der Waals surface area contributed by atoms with E-state index in [1.165, 1.54) is 30.3 Å². The van der Waals surface area contributed by atoms with Gasteiger partial charge in [-0.2, -0.15) is 21.6 Å². The van der Waals surface area contributed by atoms with Gasteiger partial charge in [0.25, 0.3) is 0 Å². The molecule has 0 aliphatic carbocycles. The summed E-state index contributed by atoms with van der Waals surface area (Å²) < 4.78 is 86.5. The molecule has 0 aliphatic rings. The second kappa shape index (κ2) is 7.89. The second-order valence-corrected chi connectivity index (χ2v) is 10.9. The summed E-state index contributed by atoms with van der Waals surface area (Å²) >= 11 is 0. The zero-order valence-corrected chi connectivity index (χ0v) is 18.5. The first-order chi connectivity index (χ1) is 15.3. The van der Waals surface area contributed by atoms with Gasteiger partial charge in [0.1, 0.15) is 5.82 Å². The van der Waals surface area contributed by atoms with E-state index in [1.807, 2.05) is 0 Å². The molecule has 172 valence electrons. The van der Waals surface area contributed by atoms with E-state index in [9.17, 15) is 30.0 Å². The highest BCUT2D eigenvalue weighted by molar-refractivity contribution is 7.93. The Bertz CT molecular complexity index is 1560. The van der Waals surface area contributed by atoms with Crippen LogP contribution in [0.1, 0.15) is 0 Å². The number of hydrogen-bond donors (Lipinski definition) is 2. The molecule has 0 atom stereocenters. The van der Waals surface area contributed by atoms with E-state index >= 15 is 0 Å². The fourth-order valence-corrected chi connectivity index (χ4v) is 4.41. The van der Waals surface area contributed by atoms with Gasteiger partial charge in [0.15, 0.2) is 9.84 Å². The van der Waals surface area contributed by atoms with E-state index in [1.54, 1.807) is 41.1 Å². The molecule has 4 rings (SSSR count). The summed E-state index contributed by atoms with van der Waals surface area (Å²) in [6.07, 6.45) is 1.11. The van der Waals surface area contributed by atoms with Crippen molar-refractivity contribution < 1.29 is 30.0 Å². The number of H-pyrrole nitrogens is 1. The number of benzene rings is 3. The molecular weight excluding hydrogens is 479 g/mol. The average molecular weight is 496 g/mol. The van der Waals surface area contributed by atoms with Gasteiger partial charge in [-0.15, -0.1) is 0 Å². The average Bonchev–Trinajstić information content (AvgIpc) is 3.16. The summed E-state index contributed by atoms with van der Waals surface area (Å²) in [5, 5.41) is 0. The van der Waals surface area contributed by atoms with Gasteiger partial charge >= 0.3 is 15.5 Å². The molecule has 33 heavy (non-hydrogen) atoms. The second-order valence-electron chi connectivity index (χ2n) is 7.21. The molecule has 1 heterocycles. The van der Waals surface area contributed by atoms with Gasteiger partial charge in [-0.1, -0.05) is 24.3 Å². The molecule has 0 aliphatic heterocycles. The van der Waals surface area contributed by atoms with E-state index < -0.39 is 25.4 Å². The number of imidazole rings is 1. The topological polar surface area (TPSA) is 109 Å². The maximum absolute atomic E-state index is 12.8. The molecule has 0 saturated heterocycles. The number of aromatic nitrogens is 2. The minimum Gasteiger partial charge on any atom is -0.338 e. The van der Waals surface area contributed by atoms with Crippen LogP contribution in [0.2, 0.25) is 0 Å². The molecule has 2 N–H and O–H groups in total. The Labute approximate surface area is 187 Å². The van der Waals surface area contributed by atoms with E-state index in [-0.39, 0.29) is 16.1 Å². The van der Waals surface area contributed by atoms with Crippen molar-refractivity contribution >= 4 is 36.6 Å². The van der Waals surface area contributed by atoms with Crippen molar-refractivity contribution in [2.45, 2.75) is 10.4 Å². The number of halogens is 3. The number of nitrogens with one attached hydrogen (secondary N) is 2. The summed E-state index contributed by atoms with van der Waals surface area (Å²) in [6.45, 7) is 0. The summed E-state index contributed by atoms with van der Waals surface area (Å²) in [5.41, 5.74) is -3.19. The molecule has 3 aromatic carbocycles. The van der Waals surface area contributed by atoms with Gasteiger partial charge in [0.05, 0.1) is 21.6 Å². The predicted molar refractivity (Wildman–Crippen MR) is 119 cm³/mol. The molecule has 0 amide bonds. The maximum atomic E-state index is 12.8. The van der Waals surface area contributed by atoms with Gasteiger partial charge in [-0.3, -0.25) is 4.72 Å². The largest absolute Gasteiger partial charge is 0.516 e. The van der Waals surface area contributed by atoms with E-state index in [0.717, 1.165) is 6.26 Å². The normalized spacial score (nSPS) is 12.7. The lowest BCUT2D eigenvalue weighted by Gasteiger charge is -2.14. The van der Waals surface area contributed by atoms with Gasteiger partial charge in [0, 0.05) is 17.4 Å². The van der Waals surface area contributed by atoms with Crippen molar-refractivity contribution in [3.8, 4) is 22.5 Å². The van der Waals surface area contributed by atoms with Crippen LogP contribution in [0.15, 0.2) is 71.6 Å². The molecule has 1 aromatic heterocycles. The number of anilines is 1. The molecule has 0 radical (unpaired) electrons. The molecule has 7 nitrogen and oxygen atoms in total. The minimum absolute atomic E-state index is 0.169. The van der Waals surface area contributed by atoms with Gasteiger partial charge < -0.3 is 4.98 Å². The molecule has 0 unspecified atom stereocenters. The summed E-state index contributed by atoms with van der Waals surface area (Å²) in [7, 11) is -8.92. The number of nitrogens with zero attached hydrogens (tertiary/aromatic N) is 1. The number of alkyl halides is 3. The minimum atomic E-state index is -5.58. The van der Waals surface area contributed by atoms with Crippen LogP contribution >= 0.6 is 0 Å². The van der Waals surface area contributed by atoms with Crippen molar-refractivity contribution in [1.82, 2.24) is 9.97 Å². The first kappa shape index (κ1) is 22.8. The third kappa shape index (κ3) is 4.57. The van der Waals surface area contributed by atoms with E-state index in [4.69, 9.17) is 0 Å². The Balaban J connectivity index is 1.72. The van der Waals surface area contributed by atoms with Crippen LogP contribution in [-0.4, -0.2) is 38.6 Å². The van der Waals surface area contributed by atoms with Gasteiger partial charge in [0.2, 0.25) is 0 Å². The summed E-state index contributed by atoms with van der Waals surface area (Å²) in [6, 6.07) is 16.8. The third-order valence-electron chi connectivity index (χ3n) is 4.82. The fourth-order valence-electron chi connectivity index (χ4n) is 3.20. The Morgan fingerprint density at radius 1 is 0.879 bits per heavy atom. The van der Waals surface area contributed by atoms with Crippen molar-refractivity contribution in [2.24, 2.45) is 0 Å². The van der Waals surface area contributed by atoms with Crippen molar-refractivity contribution in [3.05, 3.63) is 66.7 Å². The number of aromatic amines is 1. The number of sulfone groups is 1. The van der Waals surface area contributed by atoms with Crippen molar-refractivity contribution in [1.29, 1.82) is 0 Å². The lowest BCUT2D eigenvalue weighted by atomic mass is 10.0. The maximum Gasteiger partial charge on any atom is 0.516 e. The van der Waals surface area contributed by atoms with Crippen molar-refractivity contribution in [3.63, 3.8) is 0 Å². The fraction of sp³-hybridized carbons (Fsp3) is 0.0952. The number of rotatable bonds is 5. The van der Waals surface area contributed by atoms with Crippen LogP contribution in [0.5, 0.6) is 0 Å². The molecular formula is C21H16F3N3O4S2. The molecule has 0 fully saturated rings. The van der Waals surface area contributed by atoms with E-state index in [2.05, 4.69) is 9.97 Å². The Morgan fingerprint density at radius 2 is 1.52 bits per heavy atom. The van der Waals surface area contributed by atoms with Gasteiger partial charge in [-0.05, 0) is 48.0 Å². The molecule has 0 saturated carbocycles. The first-order valence-electron chi connectivity index (χ1n) is 9.34. The highest BCUT2D eigenvalue weighted by Crippen LogP contribution is 2.34. The van der Waals surface area contributed by atoms with Crippen LogP contribution < -0.4 is 4.72 Å². The van der Waals surface area contributed by atoms with Crippen LogP contribution in [-0.2, 0) is 19.9 Å². The first-order valence-corrected chi connectivity index (χ1v) is 12.7. The number of para-hydroxylation sites is 1. The molecule has 4 aromatic rings. The van der Waals surface area contributed by atoms with Crippen LogP contribution in [0.4, 0.5) is 18.9 Å². The van der Waals surface area contributed by atoms with Gasteiger partial charge in [-0.25, -0.2) is 13.4 Å². The monoisotopic (exact) mass is 495 g/mol. The standard InChI is InChI=1S/C21H16F3N3O4S2/c1-32(28,29)15-9-6-13(7-10-15)20-25-18-11-8-14(12-19(18)26-20)16-4-2-3-5-17(16)27-33(30,31)21(22,23)24/h2-12,27H,1H3,(H,25,26). The number of fused-ring (bicyclic) bond motifs is 1.